The van der Waals surface area contributed by atoms with Crippen LogP contribution in [-0.4, -0.2) is 54.6 Å². The number of thiophene rings is 1. The summed E-state index contributed by atoms with van der Waals surface area (Å²) in [4.78, 5) is 46.8. The zero-order valence-electron chi connectivity index (χ0n) is 19.4. The summed E-state index contributed by atoms with van der Waals surface area (Å²) in [6, 6.07) is 12.6. The van der Waals surface area contributed by atoms with Crippen molar-refractivity contribution in [2.24, 2.45) is 0 Å². The fourth-order valence-corrected chi connectivity index (χ4v) is 5.62. The standard InChI is InChI=1S/C26H25BN4O3S/c1-16-13-19(31-15-18(14-24(31)32)29-25(33)22-6-7-23(27)35-22)4-5-20(16)26(34)30-12-2-3-21(30)17-8-10-28-11-9-17/h4-11,13,18,21H,2-3,12,14-15H2,1H3,(H,29,33). The number of carbonyl (C=O) groups excluding carboxylic acids is 3. The number of anilines is 1. The summed E-state index contributed by atoms with van der Waals surface area (Å²) in [7, 11) is 5.72. The first-order valence-electron chi connectivity index (χ1n) is 11.7. The van der Waals surface area contributed by atoms with Crippen molar-refractivity contribution in [1.82, 2.24) is 15.2 Å². The summed E-state index contributed by atoms with van der Waals surface area (Å²) in [6.45, 7) is 3.00. The van der Waals surface area contributed by atoms with E-state index in [2.05, 4.69) is 10.3 Å². The van der Waals surface area contributed by atoms with Crippen molar-refractivity contribution in [3.05, 3.63) is 76.4 Å². The molecule has 0 saturated carbocycles. The number of nitrogens with zero attached hydrogens (tertiary/aromatic N) is 3. The number of aromatic nitrogens is 1. The quantitative estimate of drug-likeness (QED) is 0.565. The van der Waals surface area contributed by atoms with Crippen molar-refractivity contribution >= 4 is 47.4 Å². The molecule has 2 aliphatic rings. The Labute approximate surface area is 209 Å². The van der Waals surface area contributed by atoms with Crippen molar-refractivity contribution < 1.29 is 14.4 Å². The topological polar surface area (TPSA) is 82.6 Å². The first kappa shape index (κ1) is 23.3. The van der Waals surface area contributed by atoms with Gasteiger partial charge in [-0.1, -0.05) is 6.07 Å². The predicted molar refractivity (Wildman–Crippen MR) is 136 cm³/mol. The third kappa shape index (κ3) is 4.73. The van der Waals surface area contributed by atoms with Crippen LogP contribution in [0.25, 0.3) is 0 Å². The molecule has 0 aliphatic carbocycles. The summed E-state index contributed by atoms with van der Waals surface area (Å²) >= 11 is 1.22. The molecule has 2 radical (unpaired) electrons. The van der Waals surface area contributed by atoms with E-state index in [0.29, 0.717) is 21.8 Å². The minimum absolute atomic E-state index is 0.00136. The number of hydrogen-bond donors (Lipinski definition) is 1. The minimum atomic E-state index is -0.286. The summed E-state index contributed by atoms with van der Waals surface area (Å²) in [5, 5.41) is 2.93. The van der Waals surface area contributed by atoms with E-state index in [4.69, 9.17) is 7.85 Å². The van der Waals surface area contributed by atoms with Crippen molar-refractivity contribution in [2.45, 2.75) is 38.3 Å². The van der Waals surface area contributed by atoms with Crippen LogP contribution in [0.1, 0.15) is 56.5 Å². The van der Waals surface area contributed by atoms with Crippen LogP contribution in [0.2, 0.25) is 0 Å². The van der Waals surface area contributed by atoms with Crippen LogP contribution in [-0.2, 0) is 4.79 Å². The molecule has 35 heavy (non-hydrogen) atoms. The molecule has 3 aromatic rings. The highest BCUT2D eigenvalue weighted by atomic mass is 32.1. The number of amides is 3. The molecule has 2 fully saturated rings. The van der Waals surface area contributed by atoms with Crippen LogP contribution in [0.15, 0.2) is 54.9 Å². The van der Waals surface area contributed by atoms with Gasteiger partial charge in [0.15, 0.2) is 0 Å². The van der Waals surface area contributed by atoms with Gasteiger partial charge >= 0.3 is 0 Å². The van der Waals surface area contributed by atoms with Gasteiger partial charge in [-0.2, -0.15) is 0 Å². The number of pyridine rings is 1. The van der Waals surface area contributed by atoms with Gasteiger partial charge in [-0.15, -0.1) is 11.3 Å². The Morgan fingerprint density at radius 1 is 1.14 bits per heavy atom. The lowest BCUT2D eigenvalue weighted by atomic mass is 10.0. The highest BCUT2D eigenvalue weighted by molar-refractivity contribution is 7.21. The Morgan fingerprint density at radius 2 is 1.94 bits per heavy atom. The Morgan fingerprint density at radius 3 is 2.66 bits per heavy atom. The number of benzene rings is 1. The largest absolute Gasteiger partial charge is 0.346 e. The first-order chi connectivity index (χ1) is 16.9. The molecule has 3 amide bonds. The van der Waals surface area contributed by atoms with Crippen molar-refractivity contribution in [3.8, 4) is 0 Å². The second-order valence-corrected chi connectivity index (χ2v) is 10.1. The molecule has 2 aromatic heterocycles. The molecule has 2 saturated heterocycles. The fraction of sp³-hybridized carbons (Fsp3) is 0.308. The van der Waals surface area contributed by atoms with Crippen LogP contribution in [0.3, 0.4) is 0 Å². The molecular formula is C26H25BN4O3S. The van der Waals surface area contributed by atoms with Crippen LogP contribution in [0.5, 0.6) is 0 Å². The van der Waals surface area contributed by atoms with E-state index in [1.807, 2.05) is 42.2 Å². The predicted octanol–water partition coefficient (Wildman–Crippen LogP) is 2.76. The number of carbonyl (C=O) groups is 3. The van der Waals surface area contributed by atoms with Crippen molar-refractivity contribution in [3.63, 3.8) is 0 Å². The maximum Gasteiger partial charge on any atom is 0.261 e. The lowest BCUT2D eigenvalue weighted by molar-refractivity contribution is -0.117. The second-order valence-electron chi connectivity index (χ2n) is 9.02. The Bertz CT molecular complexity index is 1280. The van der Waals surface area contributed by atoms with Gasteiger partial charge in [0.25, 0.3) is 11.8 Å². The molecule has 176 valence electrons. The third-order valence-electron chi connectivity index (χ3n) is 6.67. The molecule has 0 spiro atoms. The Balaban J connectivity index is 1.28. The van der Waals surface area contributed by atoms with Gasteiger partial charge in [0.2, 0.25) is 5.91 Å². The van der Waals surface area contributed by atoms with Crippen molar-refractivity contribution in [1.29, 1.82) is 0 Å². The van der Waals surface area contributed by atoms with Crippen LogP contribution >= 0.6 is 11.3 Å². The molecule has 1 aromatic carbocycles. The highest BCUT2D eigenvalue weighted by Gasteiger charge is 2.34. The lowest BCUT2D eigenvalue weighted by Crippen LogP contribution is -2.36. The van der Waals surface area contributed by atoms with Gasteiger partial charge in [-0.05, 0) is 72.1 Å². The van der Waals surface area contributed by atoms with Gasteiger partial charge in [0.1, 0.15) is 7.85 Å². The van der Waals surface area contributed by atoms with E-state index in [1.165, 1.54) is 11.3 Å². The van der Waals surface area contributed by atoms with E-state index < -0.39 is 0 Å². The van der Waals surface area contributed by atoms with Gasteiger partial charge in [-0.25, -0.2) is 0 Å². The normalized spacial score (nSPS) is 19.9. The van der Waals surface area contributed by atoms with Crippen LogP contribution in [0, 0.1) is 6.92 Å². The van der Waals surface area contributed by atoms with E-state index in [9.17, 15) is 14.4 Å². The van der Waals surface area contributed by atoms with Gasteiger partial charge in [0.05, 0.1) is 17.0 Å². The molecule has 7 nitrogen and oxygen atoms in total. The molecule has 5 rings (SSSR count). The summed E-state index contributed by atoms with van der Waals surface area (Å²) in [5.41, 5.74) is 3.29. The third-order valence-corrected chi connectivity index (χ3v) is 7.58. The zero-order chi connectivity index (χ0) is 24.5. The Hall–Kier alpha value is -3.46. The minimum Gasteiger partial charge on any atom is -0.346 e. The SMILES string of the molecule is [B]c1ccc(C(=O)NC2CC(=O)N(c3ccc(C(=O)N4CCCC4c4ccncc4)c(C)c3)C2)s1. The molecular weight excluding hydrogens is 459 g/mol. The number of nitrogens with one attached hydrogen (secondary N) is 1. The van der Waals surface area contributed by atoms with Gasteiger partial charge in [0, 0.05) is 43.2 Å². The molecule has 2 aliphatic heterocycles. The molecule has 2 atom stereocenters. The number of aryl methyl sites for hydroxylation is 1. The van der Waals surface area contributed by atoms with Crippen LogP contribution in [0.4, 0.5) is 5.69 Å². The number of rotatable bonds is 5. The Kier molecular flexibility index (Phi) is 6.43. The van der Waals surface area contributed by atoms with Crippen LogP contribution < -0.4 is 15.0 Å². The van der Waals surface area contributed by atoms with E-state index in [-0.39, 0.29) is 36.2 Å². The summed E-state index contributed by atoms with van der Waals surface area (Å²) in [5.74, 6) is -0.281. The first-order valence-corrected chi connectivity index (χ1v) is 12.5. The smallest absolute Gasteiger partial charge is 0.261 e. The zero-order valence-corrected chi connectivity index (χ0v) is 20.3. The van der Waals surface area contributed by atoms with Gasteiger partial charge < -0.3 is 15.1 Å². The monoisotopic (exact) mass is 484 g/mol. The maximum atomic E-state index is 13.4. The fourth-order valence-electron chi connectivity index (χ4n) is 4.94. The molecule has 0 bridgehead atoms. The summed E-state index contributed by atoms with van der Waals surface area (Å²) < 4.78 is 0.574. The second kappa shape index (κ2) is 9.66. The highest BCUT2D eigenvalue weighted by Crippen LogP contribution is 2.34. The molecule has 1 N–H and O–H groups in total. The number of likely N-dealkylation sites (tertiary alicyclic amines) is 1. The summed E-state index contributed by atoms with van der Waals surface area (Å²) in [6.07, 6.45) is 5.64. The average molecular weight is 484 g/mol. The van der Waals surface area contributed by atoms with E-state index >= 15 is 0 Å². The average Bonchev–Trinajstić information content (AvgIpc) is 3.59. The number of hydrogen-bond acceptors (Lipinski definition) is 5. The maximum absolute atomic E-state index is 13.4. The molecule has 4 heterocycles. The lowest BCUT2D eigenvalue weighted by Gasteiger charge is -2.26. The molecule has 2 unspecified atom stereocenters. The van der Waals surface area contributed by atoms with Gasteiger partial charge in [-0.3, -0.25) is 19.4 Å². The van der Waals surface area contributed by atoms with Crippen molar-refractivity contribution in [2.75, 3.05) is 18.0 Å². The van der Waals surface area contributed by atoms with E-state index in [1.54, 1.807) is 29.4 Å². The van der Waals surface area contributed by atoms with E-state index in [0.717, 1.165) is 36.2 Å². The molecule has 9 heteroatoms.